The van der Waals surface area contributed by atoms with Crippen molar-refractivity contribution in [1.29, 1.82) is 0 Å². The monoisotopic (exact) mass is 534 g/mol. The maximum atomic E-state index is 13.8. The molecule has 1 N–H and O–H groups in total. The first-order valence-corrected chi connectivity index (χ1v) is 14.4. The van der Waals surface area contributed by atoms with E-state index in [2.05, 4.69) is 19.2 Å². The lowest BCUT2D eigenvalue weighted by Crippen LogP contribution is -2.45. The molecule has 7 nitrogen and oxygen atoms in total. The quantitative estimate of drug-likeness (QED) is 0.382. The molecular weight excluding hydrogens is 500 g/mol. The fourth-order valence-electron chi connectivity index (χ4n) is 4.82. The Labute approximate surface area is 224 Å². The number of sulfonamides is 1. The highest BCUT2D eigenvalue weighted by atomic mass is 32.2. The molecule has 0 aromatic heterocycles. The summed E-state index contributed by atoms with van der Waals surface area (Å²) in [6.45, 7) is 4.02. The van der Waals surface area contributed by atoms with Gasteiger partial charge in [0.15, 0.2) is 6.61 Å². The van der Waals surface area contributed by atoms with Gasteiger partial charge in [-0.15, -0.1) is 0 Å². The number of carbonyl (C=O) groups is 2. The predicted molar refractivity (Wildman–Crippen MR) is 147 cm³/mol. The third-order valence-electron chi connectivity index (χ3n) is 7.26. The fourth-order valence-corrected chi connectivity index (χ4v) is 6.32. The van der Waals surface area contributed by atoms with E-state index >= 15 is 0 Å². The topological polar surface area (TPSA) is 92.8 Å². The van der Waals surface area contributed by atoms with Crippen molar-refractivity contribution in [3.8, 4) is 0 Å². The molecule has 0 heterocycles. The Balaban J connectivity index is 1.48. The molecule has 200 valence electrons. The van der Waals surface area contributed by atoms with Crippen molar-refractivity contribution in [1.82, 2.24) is 5.32 Å². The first-order valence-electron chi connectivity index (χ1n) is 12.9. The van der Waals surface area contributed by atoms with Gasteiger partial charge >= 0.3 is 5.97 Å². The molecule has 1 amide bonds. The largest absolute Gasteiger partial charge is 0.452 e. The Hall–Kier alpha value is -3.65. The number of benzene rings is 3. The number of ether oxygens (including phenoxy) is 1. The minimum absolute atomic E-state index is 0.0406. The van der Waals surface area contributed by atoms with E-state index in [0.29, 0.717) is 17.5 Å². The van der Waals surface area contributed by atoms with Crippen molar-refractivity contribution in [2.75, 3.05) is 10.9 Å². The van der Waals surface area contributed by atoms with Gasteiger partial charge in [-0.05, 0) is 54.2 Å². The SMILES string of the molecule is C[C@@H]1[C@H](C)CCC[C@@H]1NC(=O)COC(=O)c1cccc(S(=O)(=O)N(Cc2ccccc2)c2ccccc2)c1. The predicted octanol–water partition coefficient (Wildman–Crippen LogP) is 5.18. The molecule has 0 aliphatic heterocycles. The third-order valence-corrected chi connectivity index (χ3v) is 9.03. The highest BCUT2D eigenvalue weighted by Crippen LogP contribution is 2.29. The van der Waals surface area contributed by atoms with Crippen LogP contribution in [0.3, 0.4) is 0 Å². The Bertz CT molecular complexity index is 1350. The van der Waals surface area contributed by atoms with Crippen LogP contribution in [0.1, 0.15) is 49.0 Å². The molecule has 0 radical (unpaired) electrons. The van der Waals surface area contributed by atoms with E-state index in [1.165, 1.54) is 28.6 Å². The van der Waals surface area contributed by atoms with Gasteiger partial charge in [0.2, 0.25) is 0 Å². The van der Waals surface area contributed by atoms with Crippen LogP contribution in [0, 0.1) is 11.8 Å². The van der Waals surface area contributed by atoms with Crippen molar-refractivity contribution >= 4 is 27.6 Å². The summed E-state index contributed by atoms with van der Waals surface area (Å²) in [4.78, 5) is 25.2. The van der Waals surface area contributed by atoms with Gasteiger partial charge in [-0.1, -0.05) is 81.3 Å². The number of para-hydroxylation sites is 1. The molecule has 3 atom stereocenters. The van der Waals surface area contributed by atoms with Crippen molar-refractivity contribution < 1.29 is 22.7 Å². The van der Waals surface area contributed by atoms with Gasteiger partial charge in [-0.3, -0.25) is 9.10 Å². The van der Waals surface area contributed by atoms with Crippen molar-refractivity contribution in [3.05, 3.63) is 96.1 Å². The van der Waals surface area contributed by atoms with Crippen LogP contribution >= 0.6 is 0 Å². The number of hydrogen-bond donors (Lipinski definition) is 1. The number of amides is 1. The number of hydrogen-bond acceptors (Lipinski definition) is 5. The van der Waals surface area contributed by atoms with Gasteiger partial charge in [0.05, 0.1) is 22.7 Å². The molecule has 0 unspecified atom stereocenters. The number of anilines is 1. The van der Waals surface area contributed by atoms with E-state index in [1.807, 2.05) is 36.4 Å². The molecule has 1 saturated carbocycles. The lowest BCUT2D eigenvalue weighted by molar-refractivity contribution is -0.125. The van der Waals surface area contributed by atoms with E-state index in [0.717, 1.165) is 24.8 Å². The molecule has 8 heteroatoms. The van der Waals surface area contributed by atoms with Crippen molar-refractivity contribution in [2.45, 2.75) is 50.6 Å². The van der Waals surface area contributed by atoms with Crippen LogP contribution in [0.4, 0.5) is 5.69 Å². The summed E-state index contributed by atoms with van der Waals surface area (Å²) >= 11 is 0. The summed E-state index contributed by atoms with van der Waals surface area (Å²) < 4.78 is 34.1. The molecule has 3 aromatic rings. The third kappa shape index (κ3) is 6.61. The number of rotatable bonds is 9. The average Bonchev–Trinajstić information content (AvgIpc) is 2.94. The van der Waals surface area contributed by atoms with Crippen LogP contribution in [0.25, 0.3) is 0 Å². The van der Waals surface area contributed by atoms with Crippen LogP contribution in [0.5, 0.6) is 0 Å². The van der Waals surface area contributed by atoms with Crippen LogP contribution < -0.4 is 9.62 Å². The van der Waals surface area contributed by atoms with E-state index < -0.39 is 22.6 Å². The van der Waals surface area contributed by atoms with E-state index in [-0.39, 0.29) is 29.0 Å². The van der Waals surface area contributed by atoms with E-state index in [1.54, 1.807) is 24.3 Å². The van der Waals surface area contributed by atoms with Gasteiger partial charge in [-0.2, -0.15) is 0 Å². The minimum Gasteiger partial charge on any atom is -0.452 e. The number of nitrogens with zero attached hydrogens (tertiary/aromatic N) is 1. The number of esters is 1. The Morgan fingerprint density at radius 2 is 1.61 bits per heavy atom. The fraction of sp³-hybridized carbons (Fsp3) is 0.333. The Morgan fingerprint density at radius 1 is 0.921 bits per heavy atom. The lowest BCUT2D eigenvalue weighted by atomic mass is 9.78. The molecule has 1 fully saturated rings. The maximum Gasteiger partial charge on any atom is 0.338 e. The van der Waals surface area contributed by atoms with Crippen LogP contribution in [-0.4, -0.2) is 32.9 Å². The maximum absolute atomic E-state index is 13.8. The molecular formula is C30H34N2O5S. The molecule has 4 rings (SSSR count). The zero-order valence-electron chi connectivity index (χ0n) is 21.7. The van der Waals surface area contributed by atoms with Gasteiger partial charge in [0.1, 0.15) is 0 Å². The van der Waals surface area contributed by atoms with E-state index in [9.17, 15) is 18.0 Å². The first kappa shape index (κ1) is 27.4. The molecule has 0 spiro atoms. The highest BCUT2D eigenvalue weighted by Gasteiger charge is 2.29. The molecule has 3 aromatic carbocycles. The summed E-state index contributed by atoms with van der Waals surface area (Å²) in [6, 6.07) is 23.9. The van der Waals surface area contributed by atoms with Crippen molar-refractivity contribution in [2.24, 2.45) is 11.8 Å². The van der Waals surface area contributed by atoms with Crippen LogP contribution in [-0.2, 0) is 26.1 Å². The second-order valence-electron chi connectivity index (χ2n) is 9.88. The van der Waals surface area contributed by atoms with Gasteiger partial charge in [0, 0.05) is 6.04 Å². The lowest BCUT2D eigenvalue weighted by Gasteiger charge is -2.34. The molecule has 1 aliphatic carbocycles. The standard InChI is InChI=1S/C30H34N2O5S/c1-22-11-9-18-28(23(22)2)31-29(33)21-37-30(34)25-14-10-17-27(19-25)38(35,36)32(26-15-7-4-8-16-26)20-24-12-5-3-6-13-24/h3-8,10,12-17,19,22-23,28H,9,11,18,20-21H2,1-2H3,(H,31,33)/t22-,23-,28+/m1/s1. The Morgan fingerprint density at radius 3 is 2.32 bits per heavy atom. The highest BCUT2D eigenvalue weighted by molar-refractivity contribution is 7.92. The summed E-state index contributed by atoms with van der Waals surface area (Å²) in [7, 11) is -4.02. The van der Waals surface area contributed by atoms with E-state index in [4.69, 9.17) is 4.74 Å². The summed E-state index contributed by atoms with van der Waals surface area (Å²) in [6.07, 6.45) is 3.11. The normalized spacial score (nSPS) is 19.4. The number of nitrogens with one attached hydrogen (secondary N) is 1. The summed E-state index contributed by atoms with van der Waals surface area (Å²) in [5.74, 6) is -0.227. The smallest absolute Gasteiger partial charge is 0.338 e. The number of carbonyl (C=O) groups excluding carboxylic acids is 2. The molecule has 38 heavy (non-hydrogen) atoms. The van der Waals surface area contributed by atoms with Crippen LogP contribution in [0.15, 0.2) is 89.8 Å². The van der Waals surface area contributed by atoms with Crippen molar-refractivity contribution in [3.63, 3.8) is 0 Å². The first-order chi connectivity index (χ1) is 18.3. The second-order valence-corrected chi connectivity index (χ2v) is 11.7. The average molecular weight is 535 g/mol. The molecule has 0 bridgehead atoms. The summed E-state index contributed by atoms with van der Waals surface area (Å²) in [5, 5.41) is 2.98. The molecule has 0 saturated heterocycles. The second kappa shape index (κ2) is 12.3. The Kier molecular flexibility index (Phi) is 8.84. The van der Waals surface area contributed by atoms with Gasteiger partial charge in [0.25, 0.3) is 15.9 Å². The summed E-state index contributed by atoms with van der Waals surface area (Å²) in [5.41, 5.74) is 1.39. The van der Waals surface area contributed by atoms with Crippen LogP contribution in [0.2, 0.25) is 0 Å². The van der Waals surface area contributed by atoms with Gasteiger partial charge in [-0.25, -0.2) is 13.2 Å². The molecule has 1 aliphatic rings. The zero-order valence-corrected chi connectivity index (χ0v) is 22.6. The van der Waals surface area contributed by atoms with Gasteiger partial charge < -0.3 is 10.1 Å². The minimum atomic E-state index is -4.02. The zero-order chi connectivity index (χ0) is 27.1.